The number of hydrogen-bond acceptors (Lipinski definition) is 5. The van der Waals surface area contributed by atoms with Gasteiger partial charge in [0.2, 0.25) is 0 Å². The number of aryl methyl sites for hydroxylation is 1. The summed E-state index contributed by atoms with van der Waals surface area (Å²) in [7, 11) is 0. The van der Waals surface area contributed by atoms with Gasteiger partial charge in [0.05, 0.1) is 21.6 Å². The zero-order valence-electron chi connectivity index (χ0n) is 10.8. The first-order valence-corrected chi connectivity index (χ1v) is 6.89. The molecule has 0 aliphatic rings. The van der Waals surface area contributed by atoms with Crippen LogP contribution < -0.4 is 5.32 Å². The van der Waals surface area contributed by atoms with Crippen molar-refractivity contribution in [2.75, 3.05) is 11.9 Å². The molecule has 1 N–H and O–H groups in total. The summed E-state index contributed by atoms with van der Waals surface area (Å²) in [5.41, 5.74) is 0.709. The number of anilines is 1. The molecule has 5 nitrogen and oxygen atoms in total. The molecule has 0 aliphatic carbocycles. The summed E-state index contributed by atoms with van der Waals surface area (Å²) in [6.45, 7) is 4.78. The fraction of sp³-hybridized carbons (Fsp3) is 0.308. The summed E-state index contributed by atoms with van der Waals surface area (Å²) in [4.78, 5) is 17.1. The SMILES string of the molecule is CCCNc1cc([N+](=O)[O-])cc(-c2ccc(C)s2)n1. The first-order chi connectivity index (χ1) is 9.10. The van der Waals surface area contributed by atoms with Crippen LogP contribution >= 0.6 is 11.3 Å². The van der Waals surface area contributed by atoms with E-state index in [2.05, 4.69) is 10.3 Å². The van der Waals surface area contributed by atoms with Crippen molar-refractivity contribution in [3.8, 4) is 10.6 Å². The Morgan fingerprint density at radius 3 is 2.79 bits per heavy atom. The van der Waals surface area contributed by atoms with E-state index in [1.54, 1.807) is 11.3 Å². The highest BCUT2D eigenvalue weighted by Crippen LogP contribution is 2.30. The molecule has 0 unspecified atom stereocenters. The van der Waals surface area contributed by atoms with E-state index in [9.17, 15) is 10.1 Å². The van der Waals surface area contributed by atoms with Crippen molar-refractivity contribution in [2.24, 2.45) is 0 Å². The maximum atomic E-state index is 11.0. The van der Waals surface area contributed by atoms with Crippen molar-refractivity contribution in [1.82, 2.24) is 4.98 Å². The summed E-state index contributed by atoms with van der Waals surface area (Å²) >= 11 is 1.58. The molecule has 0 saturated carbocycles. The van der Waals surface area contributed by atoms with Gasteiger partial charge in [-0.05, 0) is 25.5 Å². The van der Waals surface area contributed by atoms with Gasteiger partial charge in [0.25, 0.3) is 5.69 Å². The number of nitrogens with zero attached hydrogens (tertiary/aromatic N) is 2. The first kappa shape index (κ1) is 13.5. The first-order valence-electron chi connectivity index (χ1n) is 6.07. The third-order valence-electron chi connectivity index (χ3n) is 2.57. The molecule has 0 aliphatic heterocycles. The van der Waals surface area contributed by atoms with Gasteiger partial charge in [-0.3, -0.25) is 10.1 Å². The Bertz CT molecular complexity index is 595. The van der Waals surface area contributed by atoms with Crippen molar-refractivity contribution < 1.29 is 4.92 Å². The van der Waals surface area contributed by atoms with Gasteiger partial charge < -0.3 is 5.32 Å². The van der Waals surface area contributed by atoms with E-state index >= 15 is 0 Å². The molecule has 0 aromatic carbocycles. The van der Waals surface area contributed by atoms with E-state index in [4.69, 9.17) is 0 Å². The normalized spacial score (nSPS) is 10.4. The highest BCUT2D eigenvalue weighted by Gasteiger charge is 2.13. The van der Waals surface area contributed by atoms with Crippen LogP contribution in [0, 0.1) is 17.0 Å². The minimum atomic E-state index is -0.386. The molecule has 0 atom stereocenters. The van der Waals surface area contributed by atoms with Gasteiger partial charge in [-0.2, -0.15) is 0 Å². The molecule has 0 fully saturated rings. The monoisotopic (exact) mass is 277 g/mol. The van der Waals surface area contributed by atoms with E-state index in [0.29, 0.717) is 11.5 Å². The maximum Gasteiger partial charge on any atom is 0.275 e. The molecule has 0 radical (unpaired) electrons. The molecule has 0 saturated heterocycles. The number of hydrogen-bond donors (Lipinski definition) is 1. The average Bonchev–Trinajstić information content (AvgIpc) is 2.82. The minimum Gasteiger partial charge on any atom is -0.370 e. The van der Waals surface area contributed by atoms with Crippen LogP contribution in [0.15, 0.2) is 24.3 Å². The van der Waals surface area contributed by atoms with Gasteiger partial charge in [0.15, 0.2) is 0 Å². The predicted molar refractivity (Wildman–Crippen MR) is 77.7 cm³/mol. The standard InChI is InChI=1S/C13H15N3O2S/c1-3-6-14-13-8-10(16(17)18)7-11(15-13)12-5-4-9(2)19-12/h4-5,7-8H,3,6H2,1-2H3,(H,14,15). The summed E-state index contributed by atoms with van der Waals surface area (Å²) in [6.07, 6.45) is 0.942. The average molecular weight is 277 g/mol. The number of aromatic nitrogens is 1. The summed E-state index contributed by atoms with van der Waals surface area (Å²) in [6, 6.07) is 6.91. The van der Waals surface area contributed by atoms with Gasteiger partial charge in [0.1, 0.15) is 5.82 Å². The van der Waals surface area contributed by atoms with E-state index in [0.717, 1.165) is 22.7 Å². The maximum absolute atomic E-state index is 11.0. The molecule has 6 heteroatoms. The van der Waals surface area contributed by atoms with E-state index < -0.39 is 0 Å². The van der Waals surface area contributed by atoms with Gasteiger partial charge >= 0.3 is 0 Å². The third-order valence-corrected chi connectivity index (χ3v) is 3.59. The predicted octanol–water partition coefficient (Wildman–Crippen LogP) is 3.85. The van der Waals surface area contributed by atoms with Crippen LogP contribution in [0.3, 0.4) is 0 Å². The largest absolute Gasteiger partial charge is 0.370 e. The molecule has 0 bridgehead atoms. The molecule has 2 heterocycles. The van der Waals surface area contributed by atoms with Crippen LogP contribution in [-0.2, 0) is 0 Å². The van der Waals surface area contributed by atoms with Crippen LogP contribution in [0.2, 0.25) is 0 Å². The Balaban J connectivity index is 2.41. The fourth-order valence-corrected chi connectivity index (χ4v) is 2.49. The van der Waals surface area contributed by atoms with Crippen LogP contribution in [0.4, 0.5) is 11.5 Å². The summed E-state index contributed by atoms with van der Waals surface area (Å²) in [5.74, 6) is 0.553. The number of rotatable bonds is 5. The number of pyridine rings is 1. The molecule has 100 valence electrons. The number of thiophene rings is 1. The van der Waals surface area contributed by atoms with Crippen molar-refractivity contribution in [1.29, 1.82) is 0 Å². The quantitative estimate of drug-likeness (QED) is 0.665. The molecule has 2 aromatic heterocycles. The summed E-state index contributed by atoms with van der Waals surface area (Å²) in [5, 5.41) is 14.1. The van der Waals surface area contributed by atoms with E-state index in [1.807, 2.05) is 26.0 Å². The molecule has 0 amide bonds. The lowest BCUT2D eigenvalue weighted by atomic mass is 10.2. The Morgan fingerprint density at radius 1 is 1.42 bits per heavy atom. The molecule has 2 aromatic rings. The number of nitro groups is 1. The topological polar surface area (TPSA) is 68.1 Å². The molecule has 0 spiro atoms. The second-order valence-electron chi connectivity index (χ2n) is 4.19. The highest BCUT2D eigenvalue weighted by molar-refractivity contribution is 7.15. The Hall–Kier alpha value is -1.95. The highest BCUT2D eigenvalue weighted by atomic mass is 32.1. The zero-order chi connectivity index (χ0) is 13.8. The molecule has 19 heavy (non-hydrogen) atoms. The molecule has 2 rings (SSSR count). The van der Waals surface area contributed by atoms with Crippen molar-refractivity contribution in [3.63, 3.8) is 0 Å². The van der Waals surface area contributed by atoms with Gasteiger partial charge in [0, 0.05) is 17.5 Å². The van der Waals surface area contributed by atoms with Crippen molar-refractivity contribution >= 4 is 22.8 Å². The Kier molecular flexibility index (Phi) is 4.11. The third kappa shape index (κ3) is 3.29. The fourth-order valence-electron chi connectivity index (χ4n) is 1.66. The minimum absolute atomic E-state index is 0.0645. The zero-order valence-corrected chi connectivity index (χ0v) is 11.7. The van der Waals surface area contributed by atoms with Gasteiger partial charge in [-0.15, -0.1) is 11.3 Å². The van der Waals surface area contributed by atoms with Crippen molar-refractivity contribution in [3.05, 3.63) is 39.3 Å². The van der Waals surface area contributed by atoms with Crippen molar-refractivity contribution in [2.45, 2.75) is 20.3 Å². The van der Waals surface area contributed by atoms with Crippen LogP contribution in [0.5, 0.6) is 0 Å². The lowest BCUT2D eigenvalue weighted by Crippen LogP contribution is -2.03. The van der Waals surface area contributed by atoms with Crippen LogP contribution in [-0.4, -0.2) is 16.5 Å². The second-order valence-corrected chi connectivity index (χ2v) is 5.48. The second kappa shape index (κ2) is 5.79. The summed E-state index contributed by atoms with van der Waals surface area (Å²) < 4.78 is 0. The molecular weight excluding hydrogens is 262 g/mol. The van der Waals surface area contributed by atoms with Gasteiger partial charge in [-0.25, -0.2) is 4.98 Å². The van der Waals surface area contributed by atoms with Gasteiger partial charge in [-0.1, -0.05) is 6.92 Å². The van der Waals surface area contributed by atoms with E-state index in [1.165, 1.54) is 12.1 Å². The Morgan fingerprint density at radius 2 is 2.21 bits per heavy atom. The number of nitrogens with one attached hydrogen (secondary N) is 1. The lowest BCUT2D eigenvalue weighted by Gasteiger charge is -2.05. The van der Waals surface area contributed by atoms with E-state index in [-0.39, 0.29) is 10.6 Å². The smallest absolute Gasteiger partial charge is 0.275 e. The van der Waals surface area contributed by atoms with Crippen LogP contribution in [0.25, 0.3) is 10.6 Å². The lowest BCUT2D eigenvalue weighted by molar-refractivity contribution is -0.384. The molecular formula is C13H15N3O2S. The van der Waals surface area contributed by atoms with Crippen LogP contribution in [0.1, 0.15) is 18.2 Å². The Labute approximate surface area is 115 Å².